The summed E-state index contributed by atoms with van der Waals surface area (Å²) in [5.41, 5.74) is 4.39. The van der Waals surface area contributed by atoms with Gasteiger partial charge in [0.1, 0.15) is 6.10 Å². The number of rotatable bonds is 4. The predicted molar refractivity (Wildman–Crippen MR) is 106 cm³/mol. The van der Waals surface area contributed by atoms with Crippen molar-refractivity contribution in [1.29, 1.82) is 0 Å². The molecule has 1 saturated heterocycles. The van der Waals surface area contributed by atoms with Gasteiger partial charge in [0, 0.05) is 44.5 Å². The molecule has 3 heterocycles. The second kappa shape index (κ2) is 8.00. The van der Waals surface area contributed by atoms with Crippen LogP contribution in [0, 0.1) is 6.92 Å². The van der Waals surface area contributed by atoms with E-state index in [-0.39, 0.29) is 6.61 Å². The molecule has 1 fully saturated rings. The highest BCUT2D eigenvalue weighted by Crippen LogP contribution is 2.26. The van der Waals surface area contributed by atoms with Crippen molar-refractivity contribution in [3.05, 3.63) is 47.3 Å². The predicted octanol–water partition coefficient (Wildman–Crippen LogP) is 2.09. The van der Waals surface area contributed by atoms with Crippen molar-refractivity contribution in [1.82, 2.24) is 14.7 Å². The Balaban J connectivity index is 1.40. The SMILES string of the molecule is Cc1cccc(N2CCC(N3CCCn4nc([C@@H](O)CO)cc4C3)CC2)c1. The molecule has 0 unspecified atom stereocenters. The van der Waals surface area contributed by atoms with Crippen LogP contribution in [0.2, 0.25) is 0 Å². The minimum absolute atomic E-state index is 0.280. The topological polar surface area (TPSA) is 64.8 Å². The van der Waals surface area contributed by atoms with Crippen molar-refractivity contribution in [3.63, 3.8) is 0 Å². The molecule has 2 aliphatic rings. The zero-order valence-electron chi connectivity index (χ0n) is 16.1. The lowest BCUT2D eigenvalue weighted by Gasteiger charge is -2.39. The second-order valence-corrected chi connectivity index (χ2v) is 7.86. The fourth-order valence-electron chi connectivity index (χ4n) is 4.39. The number of hydrogen-bond donors (Lipinski definition) is 2. The third-order valence-electron chi connectivity index (χ3n) is 5.92. The summed E-state index contributed by atoms with van der Waals surface area (Å²) in [6.07, 6.45) is 2.54. The number of piperidine rings is 1. The van der Waals surface area contributed by atoms with Gasteiger partial charge in [-0.1, -0.05) is 12.1 Å². The van der Waals surface area contributed by atoms with E-state index in [4.69, 9.17) is 0 Å². The Morgan fingerprint density at radius 2 is 1.96 bits per heavy atom. The molecule has 1 aromatic carbocycles. The molecule has 1 aromatic heterocycles. The summed E-state index contributed by atoms with van der Waals surface area (Å²) in [7, 11) is 0. The maximum atomic E-state index is 9.88. The van der Waals surface area contributed by atoms with Crippen LogP contribution in [0.15, 0.2) is 30.3 Å². The molecular weight excluding hydrogens is 340 g/mol. The Morgan fingerprint density at radius 1 is 1.15 bits per heavy atom. The number of hydrogen-bond acceptors (Lipinski definition) is 5. The average molecular weight is 370 g/mol. The number of benzene rings is 1. The smallest absolute Gasteiger partial charge is 0.121 e. The Bertz CT molecular complexity index is 767. The van der Waals surface area contributed by atoms with Crippen LogP contribution in [0.1, 0.15) is 42.3 Å². The molecule has 0 bridgehead atoms. The minimum Gasteiger partial charge on any atom is -0.393 e. The van der Waals surface area contributed by atoms with Gasteiger partial charge in [-0.25, -0.2) is 0 Å². The van der Waals surface area contributed by atoms with E-state index >= 15 is 0 Å². The summed E-state index contributed by atoms with van der Waals surface area (Å²) < 4.78 is 2.01. The lowest BCUT2D eigenvalue weighted by molar-refractivity contribution is 0.0915. The quantitative estimate of drug-likeness (QED) is 0.863. The molecule has 0 aliphatic carbocycles. The van der Waals surface area contributed by atoms with Gasteiger partial charge in [-0.2, -0.15) is 5.10 Å². The van der Waals surface area contributed by atoms with E-state index in [0.29, 0.717) is 11.7 Å². The lowest BCUT2D eigenvalue weighted by Crippen LogP contribution is -2.44. The molecule has 0 radical (unpaired) electrons. The average Bonchev–Trinajstić information content (AvgIpc) is 2.99. The molecule has 0 spiro atoms. The van der Waals surface area contributed by atoms with Crippen molar-refractivity contribution < 1.29 is 10.2 Å². The first-order valence-corrected chi connectivity index (χ1v) is 10.1. The molecule has 2 aromatic rings. The van der Waals surface area contributed by atoms with Crippen LogP contribution in [-0.2, 0) is 13.1 Å². The summed E-state index contributed by atoms with van der Waals surface area (Å²) >= 11 is 0. The van der Waals surface area contributed by atoms with E-state index in [9.17, 15) is 10.2 Å². The molecule has 27 heavy (non-hydrogen) atoms. The summed E-state index contributed by atoms with van der Waals surface area (Å²) in [6, 6.07) is 11.3. The Kier molecular flexibility index (Phi) is 5.48. The molecule has 4 rings (SSSR count). The molecular formula is C21H30N4O2. The first kappa shape index (κ1) is 18.5. The van der Waals surface area contributed by atoms with Crippen LogP contribution in [0.25, 0.3) is 0 Å². The highest BCUT2D eigenvalue weighted by molar-refractivity contribution is 5.48. The van der Waals surface area contributed by atoms with Crippen molar-refractivity contribution in [3.8, 4) is 0 Å². The van der Waals surface area contributed by atoms with Crippen LogP contribution in [0.5, 0.6) is 0 Å². The Labute approximate surface area is 161 Å². The van der Waals surface area contributed by atoms with Gasteiger partial charge in [-0.15, -0.1) is 0 Å². The highest BCUT2D eigenvalue weighted by Gasteiger charge is 2.27. The van der Waals surface area contributed by atoms with E-state index < -0.39 is 6.10 Å². The molecule has 6 nitrogen and oxygen atoms in total. The van der Waals surface area contributed by atoms with Crippen LogP contribution < -0.4 is 4.90 Å². The van der Waals surface area contributed by atoms with Crippen LogP contribution in [0.3, 0.4) is 0 Å². The van der Waals surface area contributed by atoms with Gasteiger partial charge in [0.05, 0.1) is 18.0 Å². The van der Waals surface area contributed by atoms with Crippen molar-refractivity contribution in [2.45, 2.75) is 51.4 Å². The second-order valence-electron chi connectivity index (χ2n) is 7.86. The van der Waals surface area contributed by atoms with Crippen molar-refractivity contribution in [2.24, 2.45) is 0 Å². The summed E-state index contributed by atoms with van der Waals surface area (Å²) in [4.78, 5) is 5.09. The van der Waals surface area contributed by atoms with Gasteiger partial charge in [0.25, 0.3) is 0 Å². The molecule has 2 N–H and O–H groups in total. The van der Waals surface area contributed by atoms with Gasteiger partial charge in [0.15, 0.2) is 0 Å². The first-order chi connectivity index (χ1) is 13.1. The van der Waals surface area contributed by atoms with Crippen LogP contribution in [0.4, 0.5) is 5.69 Å². The van der Waals surface area contributed by atoms with Gasteiger partial charge < -0.3 is 15.1 Å². The minimum atomic E-state index is -0.879. The largest absolute Gasteiger partial charge is 0.393 e. The maximum Gasteiger partial charge on any atom is 0.121 e. The number of anilines is 1. The van der Waals surface area contributed by atoms with Gasteiger partial charge in [-0.3, -0.25) is 9.58 Å². The number of aromatic nitrogens is 2. The molecule has 146 valence electrons. The highest BCUT2D eigenvalue weighted by atomic mass is 16.3. The van der Waals surface area contributed by atoms with Crippen molar-refractivity contribution >= 4 is 5.69 Å². The molecule has 2 aliphatic heterocycles. The first-order valence-electron chi connectivity index (χ1n) is 10.1. The van der Waals surface area contributed by atoms with Gasteiger partial charge >= 0.3 is 0 Å². The summed E-state index contributed by atoms with van der Waals surface area (Å²) in [5.74, 6) is 0. The fraction of sp³-hybridized carbons (Fsp3) is 0.571. The monoisotopic (exact) mass is 370 g/mol. The number of nitrogens with zero attached hydrogens (tertiary/aromatic N) is 4. The zero-order valence-corrected chi connectivity index (χ0v) is 16.1. The zero-order chi connectivity index (χ0) is 18.8. The number of aliphatic hydroxyl groups is 2. The third-order valence-corrected chi connectivity index (χ3v) is 5.92. The van der Waals surface area contributed by atoms with E-state index in [0.717, 1.165) is 44.8 Å². The maximum absolute atomic E-state index is 9.88. The normalized spacial score (nSPS) is 20.3. The van der Waals surface area contributed by atoms with E-state index in [2.05, 4.69) is 46.1 Å². The Morgan fingerprint density at radius 3 is 2.70 bits per heavy atom. The molecule has 0 saturated carbocycles. The van der Waals surface area contributed by atoms with Gasteiger partial charge in [0.2, 0.25) is 0 Å². The van der Waals surface area contributed by atoms with Crippen LogP contribution in [-0.4, -0.2) is 57.2 Å². The molecule has 1 atom stereocenters. The Hall–Kier alpha value is -1.89. The van der Waals surface area contributed by atoms with E-state index in [1.54, 1.807) is 0 Å². The molecule has 0 amide bonds. The number of aryl methyl sites for hydroxylation is 2. The number of fused-ring (bicyclic) bond motifs is 1. The fourth-order valence-corrected chi connectivity index (χ4v) is 4.39. The third kappa shape index (κ3) is 4.03. The van der Waals surface area contributed by atoms with E-state index in [1.807, 2.05) is 10.7 Å². The standard InChI is InChI=1S/C21H30N4O2/c1-16-4-2-5-18(12-16)23-10-6-17(7-11-23)24-8-3-9-25-19(14-24)13-20(22-25)21(27)15-26/h2,4-5,12-13,17,21,26-27H,3,6-11,14-15H2,1H3/t21-/m0/s1. The summed E-state index contributed by atoms with van der Waals surface area (Å²) in [5, 5.41) is 23.6. The number of aliphatic hydroxyl groups excluding tert-OH is 2. The molecule has 6 heteroatoms. The van der Waals surface area contributed by atoms with Gasteiger partial charge in [-0.05, 0) is 49.9 Å². The van der Waals surface area contributed by atoms with Crippen molar-refractivity contribution in [2.75, 3.05) is 31.1 Å². The van der Waals surface area contributed by atoms with E-state index in [1.165, 1.54) is 24.1 Å². The summed E-state index contributed by atoms with van der Waals surface area (Å²) in [6.45, 7) is 6.91. The lowest BCUT2D eigenvalue weighted by atomic mass is 10.0. The van der Waals surface area contributed by atoms with Crippen LogP contribution >= 0.6 is 0 Å².